The Morgan fingerprint density at radius 2 is 2.23 bits per heavy atom. The Balaban J connectivity index is 1.91. The van der Waals surface area contributed by atoms with Crippen molar-refractivity contribution in [1.29, 1.82) is 0 Å². The third-order valence-corrected chi connectivity index (χ3v) is 5.39. The van der Waals surface area contributed by atoms with E-state index in [4.69, 9.17) is 16.9 Å². The number of amides is 1. The standard InChI is InChI=1S/C19H27N7O4/c1-5-6-7-11(20)17(29)24-19(2)12(8-27)30-18(14(19)28)26-10-23-13-15(25(3)4)21-9-22-16(13)26/h1,9-12,14,18,27-28H,6-8,20H2,2-4H3,(H,24,29)/t11-,12+,14+,18+,19?/m0/s1. The van der Waals surface area contributed by atoms with Gasteiger partial charge in [-0.05, 0) is 13.3 Å². The molecule has 1 unspecified atom stereocenters. The molecular weight excluding hydrogens is 390 g/mol. The number of fused-ring (bicyclic) bond motifs is 1. The number of nitrogens with two attached hydrogens (primary N) is 1. The van der Waals surface area contributed by atoms with Gasteiger partial charge >= 0.3 is 0 Å². The molecule has 3 heterocycles. The molecule has 1 saturated heterocycles. The Hall–Kier alpha value is -2.78. The average molecular weight is 417 g/mol. The van der Waals surface area contributed by atoms with Gasteiger partial charge in [-0.3, -0.25) is 9.36 Å². The first-order valence-electron chi connectivity index (χ1n) is 9.54. The molecule has 162 valence electrons. The number of hydrogen-bond acceptors (Lipinski definition) is 9. The predicted octanol–water partition coefficient (Wildman–Crippen LogP) is -1.24. The highest BCUT2D eigenvalue weighted by molar-refractivity contribution is 5.83. The monoisotopic (exact) mass is 417 g/mol. The maximum absolute atomic E-state index is 12.5. The molecule has 2 aromatic heterocycles. The molecule has 5 atom stereocenters. The minimum atomic E-state index is -1.29. The average Bonchev–Trinajstić information content (AvgIpc) is 3.25. The predicted molar refractivity (Wildman–Crippen MR) is 109 cm³/mol. The number of carbonyl (C=O) groups is 1. The molecule has 0 spiro atoms. The zero-order valence-electron chi connectivity index (χ0n) is 17.2. The summed E-state index contributed by atoms with van der Waals surface area (Å²) in [6, 6.07) is -0.840. The summed E-state index contributed by atoms with van der Waals surface area (Å²) >= 11 is 0. The summed E-state index contributed by atoms with van der Waals surface area (Å²) in [5.74, 6) is 2.57. The van der Waals surface area contributed by atoms with Crippen molar-refractivity contribution in [2.24, 2.45) is 5.73 Å². The maximum Gasteiger partial charge on any atom is 0.237 e. The summed E-state index contributed by atoms with van der Waals surface area (Å²) in [4.78, 5) is 27.2. The summed E-state index contributed by atoms with van der Waals surface area (Å²) in [6.45, 7) is 1.18. The lowest BCUT2D eigenvalue weighted by atomic mass is 9.89. The van der Waals surface area contributed by atoms with Crippen molar-refractivity contribution in [3.63, 3.8) is 0 Å². The first-order valence-corrected chi connectivity index (χ1v) is 9.54. The van der Waals surface area contributed by atoms with Gasteiger partial charge in [0.25, 0.3) is 0 Å². The van der Waals surface area contributed by atoms with E-state index in [2.05, 4.69) is 26.2 Å². The number of aromatic nitrogens is 4. The van der Waals surface area contributed by atoms with Gasteiger partial charge in [-0.2, -0.15) is 0 Å². The number of terminal acetylenes is 1. The van der Waals surface area contributed by atoms with Crippen LogP contribution in [0.1, 0.15) is 26.0 Å². The topological polar surface area (TPSA) is 152 Å². The number of carbonyl (C=O) groups excluding carboxylic acids is 1. The molecule has 2 aromatic rings. The minimum Gasteiger partial charge on any atom is -0.394 e. The van der Waals surface area contributed by atoms with E-state index in [1.807, 2.05) is 14.1 Å². The Labute approximate surface area is 174 Å². The van der Waals surface area contributed by atoms with E-state index >= 15 is 0 Å². The lowest BCUT2D eigenvalue weighted by Gasteiger charge is -2.33. The van der Waals surface area contributed by atoms with Crippen molar-refractivity contribution in [1.82, 2.24) is 24.8 Å². The van der Waals surface area contributed by atoms with E-state index in [-0.39, 0.29) is 0 Å². The number of ether oxygens (including phenoxy) is 1. The Bertz CT molecular complexity index is 956. The van der Waals surface area contributed by atoms with Crippen LogP contribution in [0.25, 0.3) is 11.2 Å². The number of imidazole rings is 1. The zero-order valence-corrected chi connectivity index (χ0v) is 17.2. The molecule has 0 radical (unpaired) electrons. The van der Waals surface area contributed by atoms with Crippen molar-refractivity contribution in [3.8, 4) is 12.3 Å². The number of nitrogens with zero attached hydrogens (tertiary/aromatic N) is 5. The van der Waals surface area contributed by atoms with Gasteiger partial charge in [0.1, 0.15) is 18.5 Å². The number of rotatable bonds is 7. The highest BCUT2D eigenvalue weighted by Crippen LogP contribution is 2.38. The normalized spacial score (nSPS) is 27.0. The van der Waals surface area contributed by atoms with Crippen LogP contribution in [-0.2, 0) is 9.53 Å². The lowest BCUT2D eigenvalue weighted by Crippen LogP contribution is -2.62. The largest absolute Gasteiger partial charge is 0.394 e. The fourth-order valence-corrected chi connectivity index (χ4v) is 3.56. The van der Waals surface area contributed by atoms with Crippen LogP contribution in [0.5, 0.6) is 0 Å². The van der Waals surface area contributed by atoms with E-state index in [1.165, 1.54) is 12.7 Å². The zero-order chi connectivity index (χ0) is 22.1. The van der Waals surface area contributed by atoms with Gasteiger partial charge in [-0.25, -0.2) is 15.0 Å². The van der Waals surface area contributed by atoms with Crippen molar-refractivity contribution >= 4 is 22.9 Å². The van der Waals surface area contributed by atoms with E-state index in [9.17, 15) is 15.0 Å². The molecule has 30 heavy (non-hydrogen) atoms. The van der Waals surface area contributed by atoms with E-state index in [1.54, 1.807) is 16.4 Å². The summed E-state index contributed by atoms with van der Waals surface area (Å²) in [5, 5.41) is 23.7. The summed E-state index contributed by atoms with van der Waals surface area (Å²) in [7, 11) is 3.67. The molecule has 0 bridgehead atoms. The number of anilines is 1. The van der Waals surface area contributed by atoms with Crippen LogP contribution < -0.4 is 16.0 Å². The fourth-order valence-electron chi connectivity index (χ4n) is 3.56. The summed E-state index contributed by atoms with van der Waals surface area (Å²) < 4.78 is 7.48. The molecule has 5 N–H and O–H groups in total. The molecule has 11 nitrogen and oxygen atoms in total. The molecule has 3 rings (SSSR count). The van der Waals surface area contributed by atoms with Crippen molar-refractivity contribution in [2.75, 3.05) is 25.6 Å². The van der Waals surface area contributed by atoms with E-state index in [0.717, 1.165) is 0 Å². The maximum atomic E-state index is 12.5. The smallest absolute Gasteiger partial charge is 0.237 e. The number of aliphatic hydroxyl groups excluding tert-OH is 2. The van der Waals surface area contributed by atoms with Gasteiger partial charge in [0.15, 0.2) is 23.2 Å². The van der Waals surface area contributed by atoms with Crippen molar-refractivity contribution in [3.05, 3.63) is 12.7 Å². The fraction of sp³-hybridized carbons (Fsp3) is 0.579. The molecule has 11 heteroatoms. The first-order chi connectivity index (χ1) is 14.2. The number of nitrogens with one attached hydrogen (secondary N) is 1. The van der Waals surface area contributed by atoms with Crippen LogP contribution in [-0.4, -0.2) is 80.1 Å². The lowest BCUT2D eigenvalue weighted by molar-refractivity contribution is -0.126. The van der Waals surface area contributed by atoms with Gasteiger partial charge < -0.3 is 30.9 Å². The highest BCUT2D eigenvalue weighted by Gasteiger charge is 2.55. The van der Waals surface area contributed by atoms with Crippen molar-refractivity contribution < 1.29 is 19.7 Å². The molecule has 1 amide bonds. The van der Waals surface area contributed by atoms with Crippen molar-refractivity contribution in [2.45, 2.75) is 49.8 Å². The van der Waals surface area contributed by atoms with Gasteiger partial charge in [0.05, 0.1) is 24.5 Å². The van der Waals surface area contributed by atoms with Crippen LogP contribution >= 0.6 is 0 Å². The Morgan fingerprint density at radius 1 is 1.50 bits per heavy atom. The van der Waals surface area contributed by atoms with Crippen LogP contribution in [0.15, 0.2) is 12.7 Å². The van der Waals surface area contributed by atoms with E-state index < -0.39 is 42.5 Å². The molecule has 0 aliphatic carbocycles. The molecule has 0 saturated carbocycles. The third-order valence-electron chi connectivity index (χ3n) is 5.39. The number of aliphatic hydroxyl groups is 2. The van der Waals surface area contributed by atoms with E-state index in [0.29, 0.717) is 29.8 Å². The number of hydrogen-bond donors (Lipinski definition) is 4. The SMILES string of the molecule is C#CCC[C@H](N)C(=O)NC1(C)[C@H](O)[C@H](n2cnc3c(N(C)C)ncnc32)O[C@@H]1CO. The summed E-state index contributed by atoms with van der Waals surface area (Å²) in [5.41, 5.74) is 5.59. The van der Waals surface area contributed by atoms with Crippen LogP contribution in [0.4, 0.5) is 5.82 Å². The molecular formula is C19H27N7O4. The first kappa shape index (κ1) is 21.9. The van der Waals surface area contributed by atoms with Gasteiger partial charge in [0.2, 0.25) is 5.91 Å². The van der Waals surface area contributed by atoms with Crippen LogP contribution in [0.3, 0.4) is 0 Å². The van der Waals surface area contributed by atoms with Crippen LogP contribution in [0, 0.1) is 12.3 Å². The molecule has 0 aromatic carbocycles. The highest BCUT2D eigenvalue weighted by atomic mass is 16.5. The molecule has 1 aliphatic rings. The van der Waals surface area contributed by atoms with Crippen LogP contribution in [0.2, 0.25) is 0 Å². The van der Waals surface area contributed by atoms with Gasteiger partial charge in [-0.1, -0.05) is 0 Å². The minimum absolute atomic E-state index is 0.305. The molecule has 1 aliphatic heterocycles. The van der Waals surface area contributed by atoms with Gasteiger partial charge in [-0.15, -0.1) is 12.3 Å². The quantitative estimate of drug-likeness (QED) is 0.405. The Morgan fingerprint density at radius 3 is 2.87 bits per heavy atom. The third kappa shape index (κ3) is 3.70. The van der Waals surface area contributed by atoms with Gasteiger partial charge in [0, 0.05) is 20.5 Å². The second-order valence-corrected chi connectivity index (χ2v) is 7.68. The second kappa shape index (κ2) is 8.53. The Kier molecular flexibility index (Phi) is 6.23. The summed E-state index contributed by atoms with van der Waals surface area (Å²) in [6.07, 6.45) is 5.73. The molecule has 1 fully saturated rings. The second-order valence-electron chi connectivity index (χ2n) is 7.68.